The molecule has 4 heteroatoms. The van der Waals surface area contributed by atoms with Gasteiger partial charge >= 0.3 is 0 Å². The van der Waals surface area contributed by atoms with Crippen molar-refractivity contribution in [1.82, 2.24) is 5.32 Å². The first-order chi connectivity index (χ1) is 11.1. The number of benzene rings is 2. The number of carbonyl (C=O) groups excluding carboxylic acids is 2. The van der Waals surface area contributed by atoms with Gasteiger partial charge in [-0.1, -0.05) is 30.3 Å². The van der Waals surface area contributed by atoms with Crippen molar-refractivity contribution in [3.05, 3.63) is 65.2 Å². The van der Waals surface area contributed by atoms with Crippen molar-refractivity contribution in [2.24, 2.45) is 0 Å². The highest BCUT2D eigenvalue weighted by Crippen LogP contribution is 2.29. The zero-order chi connectivity index (χ0) is 16.2. The van der Waals surface area contributed by atoms with Crippen LogP contribution in [0.4, 0.5) is 5.69 Å². The van der Waals surface area contributed by atoms with Gasteiger partial charge in [0.05, 0.1) is 6.04 Å². The zero-order valence-corrected chi connectivity index (χ0v) is 13.1. The Balaban J connectivity index is 1.76. The molecule has 2 aromatic rings. The third-order valence-corrected chi connectivity index (χ3v) is 4.12. The van der Waals surface area contributed by atoms with E-state index in [1.807, 2.05) is 12.1 Å². The molecule has 0 saturated carbocycles. The molecule has 0 aliphatic heterocycles. The summed E-state index contributed by atoms with van der Waals surface area (Å²) in [4.78, 5) is 23.7. The van der Waals surface area contributed by atoms with Crippen molar-refractivity contribution in [2.75, 3.05) is 5.32 Å². The summed E-state index contributed by atoms with van der Waals surface area (Å²) in [6.07, 6.45) is 3.10. The molecule has 4 nitrogen and oxygen atoms in total. The van der Waals surface area contributed by atoms with Crippen molar-refractivity contribution in [3.63, 3.8) is 0 Å². The summed E-state index contributed by atoms with van der Waals surface area (Å²) in [5.74, 6) is -0.261. The number of fused-ring (bicyclic) bond motifs is 1. The van der Waals surface area contributed by atoms with Gasteiger partial charge in [-0.05, 0) is 48.6 Å². The number of aryl methyl sites for hydroxylation is 1. The molecule has 1 unspecified atom stereocenters. The number of rotatable bonds is 3. The lowest BCUT2D eigenvalue weighted by Crippen LogP contribution is -2.31. The summed E-state index contributed by atoms with van der Waals surface area (Å²) in [5.41, 5.74) is 3.72. The van der Waals surface area contributed by atoms with Crippen LogP contribution in [0.15, 0.2) is 48.5 Å². The first-order valence-corrected chi connectivity index (χ1v) is 7.90. The van der Waals surface area contributed by atoms with Gasteiger partial charge in [0.15, 0.2) is 0 Å². The fourth-order valence-corrected chi connectivity index (χ4v) is 3.09. The lowest BCUT2D eigenvalue weighted by atomic mass is 9.87. The van der Waals surface area contributed by atoms with E-state index in [0.717, 1.165) is 19.3 Å². The Morgan fingerprint density at radius 1 is 1.09 bits per heavy atom. The Labute approximate surface area is 135 Å². The van der Waals surface area contributed by atoms with Crippen LogP contribution in [0.3, 0.4) is 0 Å². The second-order valence-corrected chi connectivity index (χ2v) is 5.88. The predicted molar refractivity (Wildman–Crippen MR) is 90.3 cm³/mol. The molecular formula is C19H20N2O2. The molecule has 1 aliphatic rings. The van der Waals surface area contributed by atoms with Gasteiger partial charge in [0.2, 0.25) is 5.91 Å². The monoisotopic (exact) mass is 308 g/mol. The highest BCUT2D eigenvalue weighted by molar-refractivity contribution is 5.97. The molecule has 2 aromatic carbocycles. The van der Waals surface area contributed by atoms with Gasteiger partial charge < -0.3 is 10.6 Å². The minimum Gasteiger partial charge on any atom is -0.345 e. The fourth-order valence-electron chi connectivity index (χ4n) is 3.09. The van der Waals surface area contributed by atoms with E-state index in [2.05, 4.69) is 22.8 Å². The Morgan fingerprint density at radius 3 is 2.74 bits per heavy atom. The van der Waals surface area contributed by atoms with E-state index < -0.39 is 0 Å². The van der Waals surface area contributed by atoms with Crippen LogP contribution < -0.4 is 10.6 Å². The smallest absolute Gasteiger partial charge is 0.251 e. The van der Waals surface area contributed by atoms with Crippen molar-refractivity contribution in [2.45, 2.75) is 32.2 Å². The van der Waals surface area contributed by atoms with Crippen LogP contribution in [0.25, 0.3) is 0 Å². The van der Waals surface area contributed by atoms with Gasteiger partial charge in [0, 0.05) is 18.2 Å². The molecular weight excluding hydrogens is 288 g/mol. The topological polar surface area (TPSA) is 58.2 Å². The normalized spacial score (nSPS) is 16.3. The highest BCUT2D eigenvalue weighted by Gasteiger charge is 2.21. The van der Waals surface area contributed by atoms with Gasteiger partial charge in [0.25, 0.3) is 5.91 Å². The lowest BCUT2D eigenvalue weighted by molar-refractivity contribution is -0.114. The number of anilines is 1. The van der Waals surface area contributed by atoms with Crippen LogP contribution in [-0.4, -0.2) is 11.8 Å². The maximum atomic E-state index is 12.5. The van der Waals surface area contributed by atoms with Gasteiger partial charge in [-0.15, -0.1) is 0 Å². The molecule has 1 atom stereocenters. The molecule has 3 rings (SSSR count). The molecule has 1 aliphatic carbocycles. The van der Waals surface area contributed by atoms with Crippen LogP contribution >= 0.6 is 0 Å². The van der Waals surface area contributed by atoms with E-state index in [9.17, 15) is 9.59 Å². The zero-order valence-electron chi connectivity index (χ0n) is 13.1. The summed E-state index contributed by atoms with van der Waals surface area (Å²) in [6, 6.07) is 15.3. The SMILES string of the molecule is CC(=O)Nc1cccc(C(=O)NC2CCCc3ccccc32)c1. The molecule has 0 fully saturated rings. The van der Waals surface area contributed by atoms with Crippen molar-refractivity contribution in [3.8, 4) is 0 Å². The maximum absolute atomic E-state index is 12.5. The van der Waals surface area contributed by atoms with Crippen LogP contribution in [0.5, 0.6) is 0 Å². The van der Waals surface area contributed by atoms with Crippen molar-refractivity contribution < 1.29 is 9.59 Å². The highest BCUT2D eigenvalue weighted by atomic mass is 16.2. The van der Waals surface area contributed by atoms with Crippen LogP contribution in [0.1, 0.15) is 47.3 Å². The number of nitrogens with one attached hydrogen (secondary N) is 2. The summed E-state index contributed by atoms with van der Waals surface area (Å²) in [7, 11) is 0. The first-order valence-electron chi connectivity index (χ1n) is 7.90. The minimum atomic E-state index is -0.149. The lowest BCUT2D eigenvalue weighted by Gasteiger charge is -2.26. The molecule has 0 radical (unpaired) electrons. The fraction of sp³-hybridized carbons (Fsp3) is 0.263. The van der Waals surface area contributed by atoms with Gasteiger partial charge in [-0.2, -0.15) is 0 Å². The maximum Gasteiger partial charge on any atom is 0.251 e. The summed E-state index contributed by atoms with van der Waals surface area (Å²) >= 11 is 0. The number of hydrogen-bond acceptors (Lipinski definition) is 2. The Kier molecular flexibility index (Phi) is 4.42. The van der Waals surface area contributed by atoms with Crippen molar-refractivity contribution in [1.29, 1.82) is 0 Å². The van der Waals surface area contributed by atoms with Gasteiger partial charge in [-0.25, -0.2) is 0 Å². The quantitative estimate of drug-likeness (QED) is 0.912. The molecule has 118 valence electrons. The first kappa shape index (κ1) is 15.3. The number of carbonyl (C=O) groups is 2. The number of hydrogen-bond donors (Lipinski definition) is 2. The van der Waals surface area contributed by atoms with E-state index in [4.69, 9.17) is 0 Å². The van der Waals surface area contributed by atoms with E-state index in [0.29, 0.717) is 11.3 Å². The molecule has 0 bridgehead atoms. The molecule has 0 spiro atoms. The average Bonchev–Trinajstić information content (AvgIpc) is 2.55. The Morgan fingerprint density at radius 2 is 1.91 bits per heavy atom. The third kappa shape index (κ3) is 3.59. The second kappa shape index (κ2) is 6.65. The standard InChI is InChI=1S/C19H20N2O2/c1-13(22)20-16-9-4-8-15(12-16)19(23)21-18-11-5-7-14-6-2-3-10-17(14)18/h2-4,6,8-10,12,18H,5,7,11H2,1H3,(H,20,22)(H,21,23). The largest absolute Gasteiger partial charge is 0.345 e. The van der Waals surface area contributed by atoms with E-state index in [-0.39, 0.29) is 17.9 Å². The summed E-state index contributed by atoms with van der Waals surface area (Å²) < 4.78 is 0. The van der Waals surface area contributed by atoms with Crippen LogP contribution in [-0.2, 0) is 11.2 Å². The van der Waals surface area contributed by atoms with Gasteiger partial charge in [0.1, 0.15) is 0 Å². The molecule has 0 saturated heterocycles. The van der Waals surface area contributed by atoms with Crippen LogP contribution in [0.2, 0.25) is 0 Å². The Hall–Kier alpha value is -2.62. The average molecular weight is 308 g/mol. The number of amides is 2. The van der Waals surface area contributed by atoms with E-state index in [1.165, 1.54) is 18.1 Å². The second-order valence-electron chi connectivity index (χ2n) is 5.88. The third-order valence-electron chi connectivity index (χ3n) is 4.12. The van der Waals surface area contributed by atoms with E-state index >= 15 is 0 Å². The summed E-state index contributed by atoms with van der Waals surface area (Å²) in [6.45, 7) is 1.45. The predicted octanol–water partition coefficient (Wildman–Crippen LogP) is 3.45. The van der Waals surface area contributed by atoms with Crippen LogP contribution in [0, 0.1) is 0 Å². The minimum absolute atomic E-state index is 0.0527. The molecule has 0 heterocycles. The molecule has 2 amide bonds. The van der Waals surface area contributed by atoms with Crippen molar-refractivity contribution >= 4 is 17.5 Å². The molecule has 23 heavy (non-hydrogen) atoms. The molecule has 2 N–H and O–H groups in total. The Bertz CT molecular complexity index is 740. The summed E-state index contributed by atoms with van der Waals surface area (Å²) in [5, 5.41) is 5.82. The van der Waals surface area contributed by atoms with E-state index in [1.54, 1.807) is 24.3 Å². The van der Waals surface area contributed by atoms with Gasteiger partial charge in [-0.3, -0.25) is 9.59 Å². The molecule has 0 aromatic heterocycles.